The van der Waals surface area contributed by atoms with Crippen molar-refractivity contribution in [1.82, 2.24) is 24.9 Å². The van der Waals surface area contributed by atoms with Gasteiger partial charge in [0.2, 0.25) is 5.95 Å². The minimum absolute atomic E-state index is 0.0995. The van der Waals surface area contributed by atoms with E-state index in [0.717, 1.165) is 48.0 Å². The van der Waals surface area contributed by atoms with Crippen LogP contribution in [0.5, 0.6) is 0 Å². The summed E-state index contributed by atoms with van der Waals surface area (Å²) in [6.45, 7) is 2.75. The first-order chi connectivity index (χ1) is 14.2. The van der Waals surface area contributed by atoms with Crippen molar-refractivity contribution in [2.45, 2.75) is 44.8 Å². The van der Waals surface area contributed by atoms with Gasteiger partial charge in [0.15, 0.2) is 0 Å². The maximum atomic E-state index is 12.5. The van der Waals surface area contributed by atoms with E-state index in [2.05, 4.69) is 36.3 Å². The number of fused-ring (bicyclic) bond motifs is 1. The maximum Gasteiger partial charge on any atom is 0.255 e. The summed E-state index contributed by atoms with van der Waals surface area (Å²) in [4.78, 5) is 31.7. The molecule has 0 atom stereocenters. The molecule has 1 aliphatic rings. The van der Waals surface area contributed by atoms with E-state index in [1.807, 2.05) is 13.1 Å². The molecule has 7 nitrogen and oxygen atoms in total. The molecule has 3 aromatic heterocycles. The molecule has 0 radical (unpaired) electrons. The molecule has 0 aliphatic heterocycles. The highest BCUT2D eigenvalue weighted by atomic mass is 32.2. The van der Waals surface area contributed by atoms with E-state index in [1.54, 1.807) is 24.3 Å². The lowest BCUT2D eigenvalue weighted by molar-refractivity contribution is 0.673. The minimum Gasteiger partial charge on any atom is -0.355 e. The minimum atomic E-state index is -0.0995. The van der Waals surface area contributed by atoms with E-state index in [4.69, 9.17) is 0 Å². The number of hydrogen-bond acceptors (Lipinski definition) is 6. The molecule has 3 heterocycles. The monoisotopic (exact) mass is 410 g/mol. The van der Waals surface area contributed by atoms with Crippen molar-refractivity contribution in [2.24, 2.45) is 0 Å². The highest BCUT2D eigenvalue weighted by Gasteiger charge is 2.15. The molecule has 1 aliphatic carbocycles. The van der Waals surface area contributed by atoms with Gasteiger partial charge < -0.3 is 10.3 Å². The summed E-state index contributed by atoms with van der Waals surface area (Å²) in [7, 11) is 0. The highest BCUT2D eigenvalue weighted by molar-refractivity contribution is 7.98. The SMILES string of the molecule is Cc1[nH]cnc1CSCCNc1ncc(Cc2nccc3c2CCCC3)c(=O)[nH]1. The first-order valence-electron chi connectivity index (χ1n) is 10.0. The number of H-pyrrole nitrogens is 2. The zero-order chi connectivity index (χ0) is 20.1. The average Bonchev–Trinajstić information content (AvgIpc) is 3.14. The van der Waals surface area contributed by atoms with Crippen LogP contribution >= 0.6 is 11.8 Å². The Morgan fingerprint density at radius 1 is 1.17 bits per heavy atom. The molecule has 3 aromatic rings. The molecule has 152 valence electrons. The Morgan fingerprint density at radius 3 is 2.90 bits per heavy atom. The van der Waals surface area contributed by atoms with E-state index in [0.29, 0.717) is 17.9 Å². The van der Waals surface area contributed by atoms with Crippen molar-refractivity contribution in [3.8, 4) is 0 Å². The maximum absolute atomic E-state index is 12.5. The molecule has 0 saturated heterocycles. The molecular formula is C21H26N6OS. The second kappa shape index (κ2) is 9.26. The Hall–Kier alpha value is -2.61. The lowest BCUT2D eigenvalue weighted by Gasteiger charge is -2.18. The Balaban J connectivity index is 1.31. The van der Waals surface area contributed by atoms with Gasteiger partial charge in [-0.2, -0.15) is 11.8 Å². The van der Waals surface area contributed by atoms with Crippen molar-refractivity contribution in [1.29, 1.82) is 0 Å². The van der Waals surface area contributed by atoms with Crippen LogP contribution < -0.4 is 10.9 Å². The van der Waals surface area contributed by atoms with Crippen LogP contribution in [0.2, 0.25) is 0 Å². The predicted octanol–water partition coefficient (Wildman–Crippen LogP) is 3.01. The van der Waals surface area contributed by atoms with Crippen LogP contribution in [0.4, 0.5) is 5.95 Å². The van der Waals surface area contributed by atoms with Gasteiger partial charge in [-0.1, -0.05) is 0 Å². The largest absolute Gasteiger partial charge is 0.355 e. The smallest absolute Gasteiger partial charge is 0.255 e. The molecule has 3 N–H and O–H groups in total. The van der Waals surface area contributed by atoms with Gasteiger partial charge >= 0.3 is 0 Å². The third-order valence-electron chi connectivity index (χ3n) is 5.31. The van der Waals surface area contributed by atoms with Gasteiger partial charge in [-0.15, -0.1) is 0 Å². The third kappa shape index (κ3) is 4.87. The summed E-state index contributed by atoms with van der Waals surface area (Å²) in [5.41, 5.74) is 6.47. The van der Waals surface area contributed by atoms with E-state index in [9.17, 15) is 4.79 Å². The number of rotatable bonds is 8. The van der Waals surface area contributed by atoms with E-state index < -0.39 is 0 Å². The highest BCUT2D eigenvalue weighted by Crippen LogP contribution is 2.24. The van der Waals surface area contributed by atoms with Crippen LogP contribution in [-0.4, -0.2) is 37.2 Å². The molecule has 29 heavy (non-hydrogen) atoms. The topological polar surface area (TPSA) is 99.3 Å². The number of thioether (sulfide) groups is 1. The first-order valence-corrected chi connectivity index (χ1v) is 11.2. The second-order valence-electron chi connectivity index (χ2n) is 7.32. The summed E-state index contributed by atoms with van der Waals surface area (Å²) in [5.74, 6) is 2.28. The number of nitrogens with one attached hydrogen (secondary N) is 3. The molecule has 0 aromatic carbocycles. The number of aromatic amines is 2. The number of hydrogen-bond donors (Lipinski definition) is 3. The number of pyridine rings is 1. The van der Waals surface area contributed by atoms with Crippen molar-refractivity contribution >= 4 is 17.7 Å². The fourth-order valence-corrected chi connectivity index (χ4v) is 4.53. The van der Waals surface area contributed by atoms with Crippen LogP contribution in [-0.2, 0) is 25.0 Å². The first kappa shape index (κ1) is 19.7. The van der Waals surface area contributed by atoms with Crippen molar-refractivity contribution in [2.75, 3.05) is 17.6 Å². The summed E-state index contributed by atoms with van der Waals surface area (Å²) < 4.78 is 0. The van der Waals surface area contributed by atoms with Crippen LogP contribution in [0.3, 0.4) is 0 Å². The summed E-state index contributed by atoms with van der Waals surface area (Å²) in [6.07, 6.45) is 10.4. The molecule has 0 saturated carbocycles. The average molecular weight is 411 g/mol. The zero-order valence-corrected chi connectivity index (χ0v) is 17.4. The van der Waals surface area contributed by atoms with E-state index in [-0.39, 0.29) is 5.56 Å². The zero-order valence-electron chi connectivity index (χ0n) is 16.6. The van der Waals surface area contributed by atoms with E-state index in [1.165, 1.54) is 24.0 Å². The van der Waals surface area contributed by atoms with Crippen LogP contribution in [0.25, 0.3) is 0 Å². The number of aromatic nitrogens is 5. The number of aryl methyl sites for hydroxylation is 2. The van der Waals surface area contributed by atoms with Crippen molar-refractivity contribution < 1.29 is 0 Å². The van der Waals surface area contributed by atoms with Crippen molar-refractivity contribution in [3.05, 3.63) is 68.9 Å². The fourth-order valence-electron chi connectivity index (χ4n) is 3.65. The quantitative estimate of drug-likeness (QED) is 0.494. The normalized spacial score (nSPS) is 13.3. The molecule has 4 rings (SSSR count). The van der Waals surface area contributed by atoms with Gasteiger partial charge in [0.25, 0.3) is 5.56 Å². The molecular weight excluding hydrogens is 384 g/mol. The molecule has 0 bridgehead atoms. The van der Waals surface area contributed by atoms with Gasteiger partial charge in [0.1, 0.15) is 0 Å². The van der Waals surface area contributed by atoms with Gasteiger partial charge in [-0.25, -0.2) is 9.97 Å². The van der Waals surface area contributed by atoms with Gasteiger partial charge in [0.05, 0.1) is 12.0 Å². The van der Waals surface area contributed by atoms with Gasteiger partial charge in [0, 0.05) is 53.8 Å². The molecule has 8 heteroatoms. The van der Waals surface area contributed by atoms with Crippen LogP contribution in [0.15, 0.2) is 29.6 Å². The fraction of sp³-hybridized carbons (Fsp3) is 0.429. The van der Waals surface area contributed by atoms with Crippen molar-refractivity contribution in [3.63, 3.8) is 0 Å². The molecule has 0 fully saturated rings. The third-order valence-corrected chi connectivity index (χ3v) is 6.28. The number of nitrogens with zero attached hydrogens (tertiary/aromatic N) is 3. The van der Waals surface area contributed by atoms with Gasteiger partial charge in [-0.3, -0.25) is 14.8 Å². The predicted molar refractivity (Wildman–Crippen MR) is 117 cm³/mol. The number of imidazole rings is 1. The lowest BCUT2D eigenvalue weighted by atomic mass is 9.89. The molecule has 0 unspecified atom stereocenters. The lowest BCUT2D eigenvalue weighted by Crippen LogP contribution is -2.19. The van der Waals surface area contributed by atoms with E-state index >= 15 is 0 Å². The van der Waals surface area contributed by atoms with Crippen LogP contribution in [0.1, 0.15) is 46.6 Å². The second-order valence-corrected chi connectivity index (χ2v) is 8.42. The summed E-state index contributed by atoms with van der Waals surface area (Å²) in [5, 5.41) is 3.19. The Labute approximate surface area is 174 Å². The summed E-state index contributed by atoms with van der Waals surface area (Å²) in [6, 6.07) is 2.11. The Bertz CT molecular complexity index is 1030. The van der Waals surface area contributed by atoms with Crippen LogP contribution in [0, 0.1) is 6.92 Å². The Kier molecular flexibility index (Phi) is 6.29. The standard InChI is InChI=1S/C21H26N6OS/c1-14-19(26-13-25-14)12-29-9-8-23-21-24-11-16(20(28)27-21)10-18-17-5-3-2-4-15(17)6-7-22-18/h6-7,11,13H,2-5,8-10,12H2,1H3,(H,25,26)(H2,23,24,27,28). The van der Waals surface area contributed by atoms with Gasteiger partial charge in [-0.05, 0) is 49.8 Å². The summed E-state index contributed by atoms with van der Waals surface area (Å²) >= 11 is 1.79. The molecule has 0 spiro atoms. The molecule has 0 amide bonds. The number of anilines is 1. The Morgan fingerprint density at radius 2 is 2.07 bits per heavy atom.